The molecular weight excluding hydrogens is 242 g/mol. The van der Waals surface area contributed by atoms with Crippen molar-refractivity contribution in [2.45, 2.75) is 97.6 Å². The smallest absolute Gasteiger partial charge is 0.0161 e. The van der Waals surface area contributed by atoms with Crippen LogP contribution >= 0.6 is 0 Å². The standard InChI is InChI=1S/C19H37N/c1-8-9-11-16(2)12-10-13-20-18(4,5)14-17(3)15-19(20,6)7/h17H,2,8-15H2,1,3-7H3. The first-order valence-corrected chi connectivity index (χ1v) is 8.63. The molecule has 0 spiro atoms. The molecule has 1 nitrogen and oxygen atoms in total. The molecule has 0 aliphatic carbocycles. The van der Waals surface area contributed by atoms with Crippen molar-refractivity contribution in [2.75, 3.05) is 6.54 Å². The van der Waals surface area contributed by atoms with Crippen LogP contribution in [0.5, 0.6) is 0 Å². The zero-order chi connectivity index (χ0) is 15.4. The second kappa shape index (κ2) is 7.11. The number of hydrogen-bond donors (Lipinski definition) is 0. The summed E-state index contributed by atoms with van der Waals surface area (Å²) in [4.78, 5) is 2.76. The molecule has 0 aromatic heterocycles. The van der Waals surface area contributed by atoms with Crippen molar-refractivity contribution < 1.29 is 0 Å². The van der Waals surface area contributed by atoms with E-state index in [4.69, 9.17) is 0 Å². The van der Waals surface area contributed by atoms with E-state index in [9.17, 15) is 0 Å². The van der Waals surface area contributed by atoms with E-state index in [2.05, 4.69) is 53.0 Å². The molecule has 1 fully saturated rings. The van der Waals surface area contributed by atoms with Gasteiger partial charge >= 0.3 is 0 Å². The van der Waals surface area contributed by atoms with Crippen LogP contribution in [0.4, 0.5) is 0 Å². The second-order valence-corrected chi connectivity index (χ2v) is 8.25. The summed E-state index contributed by atoms with van der Waals surface area (Å²) in [5.74, 6) is 0.843. The van der Waals surface area contributed by atoms with E-state index < -0.39 is 0 Å². The summed E-state index contributed by atoms with van der Waals surface area (Å²) >= 11 is 0. The third-order valence-corrected chi connectivity index (χ3v) is 4.95. The van der Waals surface area contributed by atoms with Crippen LogP contribution in [0.1, 0.15) is 86.5 Å². The maximum absolute atomic E-state index is 4.24. The lowest BCUT2D eigenvalue weighted by Gasteiger charge is -2.55. The van der Waals surface area contributed by atoms with Gasteiger partial charge in [0.05, 0.1) is 0 Å². The minimum atomic E-state index is 0.339. The van der Waals surface area contributed by atoms with E-state index in [0.29, 0.717) is 11.1 Å². The number of nitrogens with zero attached hydrogens (tertiary/aromatic N) is 1. The maximum atomic E-state index is 4.24. The molecule has 0 atom stereocenters. The minimum absolute atomic E-state index is 0.339. The van der Waals surface area contributed by atoms with Gasteiger partial charge < -0.3 is 0 Å². The van der Waals surface area contributed by atoms with Gasteiger partial charge in [-0.1, -0.05) is 32.4 Å². The highest BCUT2D eigenvalue weighted by molar-refractivity contribution is 5.00. The molecule has 1 heteroatoms. The predicted molar refractivity (Wildman–Crippen MR) is 91.2 cm³/mol. The Morgan fingerprint density at radius 3 is 2.05 bits per heavy atom. The van der Waals surface area contributed by atoms with Gasteiger partial charge in [-0.15, -0.1) is 0 Å². The molecule has 0 bridgehead atoms. The van der Waals surface area contributed by atoms with Crippen LogP contribution in [0.15, 0.2) is 12.2 Å². The molecule has 1 rings (SSSR count). The van der Waals surface area contributed by atoms with Crippen LogP contribution < -0.4 is 0 Å². The van der Waals surface area contributed by atoms with Crippen molar-refractivity contribution in [3.8, 4) is 0 Å². The first kappa shape index (κ1) is 17.8. The molecular formula is C19H37N. The predicted octanol–water partition coefficient (Wildman–Crippen LogP) is 5.80. The van der Waals surface area contributed by atoms with E-state index in [1.165, 1.54) is 57.1 Å². The van der Waals surface area contributed by atoms with Crippen molar-refractivity contribution in [3.05, 3.63) is 12.2 Å². The Balaban J connectivity index is 2.50. The lowest BCUT2D eigenvalue weighted by Crippen LogP contribution is -2.60. The first-order chi connectivity index (χ1) is 9.19. The summed E-state index contributed by atoms with van der Waals surface area (Å²) in [5.41, 5.74) is 2.13. The van der Waals surface area contributed by atoms with Gasteiger partial charge in [0.15, 0.2) is 0 Å². The summed E-state index contributed by atoms with van der Waals surface area (Å²) in [7, 11) is 0. The van der Waals surface area contributed by atoms with Gasteiger partial charge in [-0.3, -0.25) is 4.90 Å². The maximum Gasteiger partial charge on any atom is 0.0161 e. The average Bonchev–Trinajstić information content (AvgIpc) is 2.28. The molecule has 20 heavy (non-hydrogen) atoms. The van der Waals surface area contributed by atoms with Crippen molar-refractivity contribution in [2.24, 2.45) is 5.92 Å². The molecule has 118 valence electrons. The minimum Gasteiger partial charge on any atom is -0.293 e. The summed E-state index contributed by atoms with van der Waals surface area (Å²) in [6, 6.07) is 0. The third kappa shape index (κ3) is 4.91. The number of piperidine rings is 1. The molecule has 1 aliphatic heterocycles. The van der Waals surface area contributed by atoms with E-state index >= 15 is 0 Å². The summed E-state index contributed by atoms with van der Waals surface area (Å²) in [6.07, 6.45) is 8.93. The highest BCUT2D eigenvalue weighted by Crippen LogP contribution is 2.41. The molecule has 0 amide bonds. The lowest BCUT2D eigenvalue weighted by molar-refractivity contribution is -0.0480. The highest BCUT2D eigenvalue weighted by Gasteiger charge is 2.43. The molecule has 0 saturated carbocycles. The number of likely N-dealkylation sites (tertiary alicyclic amines) is 1. The van der Waals surface area contributed by atoms with Crippen LogP contribution in [-0.4, -0.2) is 22.5 Å². The SMILES string of the molecule is C=C(CCCC)CCCN1C(C)(C)CC(C)CC1(C)C. The molecule has 1 heterocycles. The van der Waals surface area contributed by atoms with E-state index in [0.717, 1.165) is 5.92 Å². The Bertz CT molecular complexity index is 296. The van der Waals surface area contributed by atoms with E-state index in [1.807, 2.05) is 0 Å². The van der Waals surface area contributed by atoms with E-state index in [-0.39, 0.29) is 0 Å². The fraction of sp³-hybridized carbons (Fsp3) is 0.895. The number of unbranched alkanes of at least 4 members (excludes halogenated alkanes) is 1. The van der Waals surface area contributed by atoms with Crippen LogP contribution in [0.25, 0.3) is 0 Å². The zero-order valence-electron chi connectivity index (χ0n) is 14.9. The van der Waals surface area contributed by atoms with Crippen molar-refractivity contribution in [3.63, 3.8) is 0 Å². The van der Waals surface area contributed by atoms with Crippen molar-refractivity contribution >= 4 is 0 Å². The van der Waals surface area contributed by atoms with Crippen LogP contribution in [0.3, 0.4) is 0 Å². The Labute approximate surface area is 127 Å². The monoisotopic (exact) mass is 279 g/mol. The van der Waals surface area contributed by atoms with Crippen molar-refractivity contribution in [1.82, 2.24) is 4.90 Å². The fourth-order valence-corrected chi connectivity index (χ4v) is 4.46. The zero-order valence-corrected chi connectivity index (χ0v) is 14.9. The van der Waals surface area contributed by atoms with Gasteiger partial charge in [0, 0.05) is 11.1 Å². The molecule has 1 aliphatic rings. The Kier molecular flexibility index (Phi) is 6.31. The van der Waals surface area contributed by atoms with E-state index in [1.54, 1.807) is 0 Å². The third-order valence-electron chi connectivity index (χ3n) is 4.95. The van der Waals surface area contributed by atoms with Gasteiger partial charge in [0.1, 0.15) is 0 Å². The summed E-state index contributed by atoms with van der Waals surface area (Å²) < 4.78 is 0. The summed E-state index contributed by atoms with van der Waals surface area (Å²) in [5, 5.41) is 0. The largest absolute Gasteiger partial charge is 0.293 e. The van der Waals surface area contributed by atoms with Gasteiger partial charge in [-0.05, 0) is 78.7 Å². The highest BCUT2D eigenvalue weighted by atomic mass is 15.3. The lowest BCUT2D eigenvalue weighted by atomic mass is 9.74. The molecule has 0 N–H and O–H groups in total. The molecule has 1 saturated heterocycles. The average molecular weight is 280 g/mol. The molecule has 0 radical (unpaired) electrons. The Morgan fingerprint density at radius 1 is 1.05 bits per heavy atom. The van der Waals surface area contributed by atoms with Crippen LogP contribution in [0, 0.1) is 5.92 Å². The van der Waals surface area contributed by atoms with Crippen LogP contribution in [0.2, 0.25) is 0 Å². The van der Waals surface area contributed by atoms with Crippen LogP contribution in [-0.2, 0) is 0 Å². The van der Waals surface area contributed by atoms with Gasteiger partial charge in [0.2, 0.25) is 0 Å². The Hall–Kier alpha value is -0.300. The fourth-order valence-electron chi connectivity index (χ4n) is 4.46. The topological polar surface area (TPSA) is 3.24 Å². The van der Waals surface area contributed by atoms with Crippen molar-refractivity contribution in [1.29, 1.82) is 0 Å². The quantitative estimate of drug-likeness (QED) is 0.532. The number of rotatable bonds is 7. The summed E-state index contributed by atoms with van der Waals surface area (Å²) in [6.45, 7) is 19.8. The second-order valence-electron chi connectivity index (χ2n) is 8.25. The van der Waals surface area contributed by atoms with Gasteiger partial charge in [0.25, 0.3) is 0 Å². The number of hydrogen-bond acceptors (Lipinski definition) is 1. The normalized spacial score (nSPS) is 22.9. The molecule has 0 unspecified atom stereocenters. The van der Waals surface area contributed by atoms with Gasteiger partial charge in [-0.2, -0.15) is 0 Å². The molecule has 0 aromatic rings. The Morgan fingerprint density at radius 2 is 1.55 bits per heavy atom. The van der Waals surface area contributed by atoms with Gasteiger partial charge in [-0.25, -0.2) is 0 Å². The first-order valence-electron chi connectivity index (χ1n) is 8.63. The number of allylic oxidation sites excluding steroid dienone is 1. The molecule has 0 aromatic carbocycles.